The van der Waals surface area contributed by atoms with Gasteiger partial charge in [-0.2, -0.15) is 11.8 Å². The molecular formula is C28H38BrN3O2SSi. The Bertz CT molecular complexity index is 1190. The van der Waals surface area contributed by atoms with Crippen molar-refractivity contribution in [2.75, 3.05) is 11.6 Å². The Morgan fingerprint density at radius 2 is 1.81 bits per heavy atom. The number of hydrogen-bond donors (Lipinski definition) is 1. The largest absolute Gasteiger partial charge is 0.487 e. The zero-order valence-corrected chi connectivity index (χ0v) is 25.6. The van der Waals surface area contributed by atoms with Crippen molar-refractivity contribution >= 4 is 58.5 Å². The molecule has 0 unspecified atom stereocenters. The zero-order chi connectivity index (χ0) is 25.9. The summed E-state index contributed by atoms with van der Waals surface area (Å²) in [7, 11) is -1.75. The summed E-state index contributed by atoms with van der Waals surface area (Å²) >= 11 is 5.52. The fraction of sp³-hybridized carbons (Fsp3) is 0.500. The first-order chi connectivity index (χ1) is 17.1. The lowest BCUT2D eigenvalue weighted by atomic mass is 9.95. The van der Waals surface area contributed by atoms with E-state index in [0.29, 0.717) is 12.1 Å². The Morgan fingerprint density at radius 1 is 1.08 bits per heavy atom. The topological polar surface area (TPSA) is 56.3 Å². The Kier molecular flexibility index (Phi) is 8.70. The number of benzene rings is 2. The highest BCUT2D eigenvalue weighted by Gasteiger charge is 2.40. The van der Waals surface area contributed by atoms with E-state index < -0.39 is 8.32 Å². The molecule has 1 aliphatic rings. The van der Waals surface area contributed by atoms with Gasteiger partial charge in [0.25, 0.3) is 0 Å². The van der Waals surface area contributed by atoms with Crippen LogP contribution in [0.5, 0.6) is 5.75 Å². The van der Waals surface area contributed by atoms with Crippen LogP contribution in [0.3, 0.4) is 0 Å². The third-order valence-corrected chi connectivity index (χ3v) is 13.1. The van der Waals surface area contributed by atoms with Crippen LogP contribution in [-0.4, -0.2) is 36.7 Å². The Balaban J connectivity index is 1.48. The van der Waals surface area contributed by atoms with Crippen molar-refractivity contribution in [1.29, 1.82) is 0 Å². The number of nitrogens with one attached hydrogen (secondary N) is 1. The summed E-state index contributed by atoms with van der Waals surface area (Å²) in [6.07, 6.45) is 8.50. The second-order valence-corrected chi connectivity index (χ2v) is 17.6. The van der Waals surface area contributed by atoms with Gasteiger partial charge in [-0.05, 0) is 95.8 Å². The van der Waals surface area contributed by atoms with Crippen LogP contribution in [0.25, 0.3) is 10.9 Å². The van der Waals surface area contributed by atoms with Crippen LogP contribution in [0.15, 0.2) is 47.1 Å². The maximum absolute atomic E-state index is 6.68. The Hall–Kier alpha value is -1.61. The number of halogens is 1. The average molecular weight is 589 g/mol. The van der Waals surface area contributed by atoms with Gasteiger partial charge in [0.15, 0.2) is 14.1 Å². The molecule has 5 nitrogen and oxygen atoms in total. The molecule has 0 spiro atoms. The van der Waals surface area contributed by atoms with Crippen molar-refractivity contribution in [3.05, 3.63) is 52.6 Å². The summed E-state index contributed by atoms with van der Waals surface area (Å²) in [5.41, 5.74) is 3.08. The van der Waals surface area contributed by atoms with Crippen LogP contribution in [0.4, 0.5) is 11.6 Å². The molecule has 0 saturated heterocycles. The lowest BCUT2D eigenvalue weighted by molar-refractivity contribution is 0.0729. The molecule has 0 aliphatic heterocycles. The lowest BCUT2D eigenvalue weighted by Crippen LogP contribution is -2.45. The van der Waals surface area contributed by atoms with Crippen molar-refractivity contribution in [3.63, 3.8) is 0 Å². The highest BCUT2D eigenvalue weighted by molar-refractivity contribution is 9.10. The molecule has 1 heterocycles. The van der Waals surface area contributed by atoms with Gasteiger partial charge in [0, 0.05) is 29.1 Å². The van der Waals surface area contributed by atoms with E-state index in [0.717, 1.165) is 58.2 Å². The quantitative estimate of drug-likeness (QED) is 0.266. The molecule has 2 aromatic carbocycles. The highest BCUT2D eigenvalue weighted by atomic mass is 79.9. The molecule has 4 rings (SSSR count). The molecule has 0 atom stereocenters. The normalized spacial score (nSPS) is 18.9. The monoisotopic (exact) mass is 587 g/mol. The van der Waals surface area contributed by atoms with Gasteiger partial charge < -0.3 is 14.5 Å². The van der Waals surface area contributed by atoms with Crippen molar-refractivity contribution in [3.8, 4) is 5.75 Å². The van der Waals surface area contributed by atoms with Crippen molar-refractivity contribution < 1.29 is 9.16 Å². The molecule has 0 amide bonds. The van der Waals surface area contributed by atoms with E-state index in [4.69, 9.17) is 14.1 Å². The third kappa shape index (κ3) is 6.63. The van der Waals surface area contributed by atoms with Crippen LogP contribution in [0.1, 0.15) is 52.0 Å². The number of anilines is 2. The third-order valence-electron chi connectivity index (χ3n) is 7.33. The smallest absolute Gasteiger partial charge is 0.227 e. The molecule has 0 bridgehead atoms. The number of rotatable bonds is 8. The summed E-state index contributed by atoms with van der Waals surface area (Å²) < 4.78 is 14.2. The van der Waals surface area contributed by atoms with Crippen LogP contribution >= 0.6 is 27.7 Å². The minimum atomic E-state index is -1.75. The van der Waals surface area contributed by atoms with Gasteiger partial charge >= 0.3 is 0 Å². The second kappa shape index (κ2) is 11.4. The van der Waals surface area contributed by atoms with E-state index >= 15 is 0 Å². The minimum absolute atomic E-state index is 0.153. The zero-order valence-electron chi connectivity index (χ0n) is 22.2. The van der Waals surface area contributed by atoms with E-state index in [1.165, 1.54) is 5.56 Å². The Labute approximate surface area is 229 Å². The van der Waals surface area contributed by atoms with Gasteiger partial charge in [0.1, 0.15) is 5.52 Å². The number of fused-ring (bicyclic) bond motifs is 1. The maximum Gasteiger partial charge on any atom is 0.227 e. The molecule has 36 heavy (non-hydrogen) atoms. The standard InChI is InChI=1S/C28H38BrN3O2SSi/c1-28(2,3)36(5,6)34-23-13-11-22(12-14-23)33-26-24(29)15-10-20-17-30-27(32-25(20)26)31-21-9-7-8-19(16-21)18-35-4/h7-10,15-17,22-23H,11-14,18H2,1-6H3,(H,30,31,32)/t22-,23+. The number of aromatic nitrogens is 2. The molecule has 0 radical (unpaired) electrons. The molecule has 1 fully saturated rings. The number of hydrogen-bond acceptors (Lipinski definition) is 6. The fourth-order valence-electron chi connectivity index (χ4n) is 4.28. The molecular weight excluding hydrogens is 550 g/mol. The van der Waals surface area contributed by atoms with Gasteiger partial charge in [0.05, 0.1) is 10.6 Å². The predicted octanol–water partition coefficient (Wildman–Crippen LogP) is 8.71. The van der Waals surface area contributed by atoms with Crippen molar-refractivity contribution in [2.24, 2.45) is 0 Å². The maximum atomic E-state index is 6.68. The summed E-state index contributed by atoms with van der Waals surface area (Å²) in [5, 5.41) is 4.56. The Morgan fingerprint density at radius 3 is 2.50 bits per heavy atom. The van der Waals surface area contributed by atoms with Gasteiger partial charge in [-0.1, -0.05) is 32.9 Å². The summed E-state index contributed by atoms with van der Waals surface area (Å²) in [6.45, 7) is 11.6. The van der Waals surface area contributed by atoms with E-state index in [1.54, 1.807) is 0 Å². The molecule has 1 aromatic heterocycles. The van der Waals surface area contributed by atoms with Crippen LogP contribution in [-0.2, 0) is 10.2 Å². The molecule has 1 N–H and O–H groups in total. The van der Waals surface area contributed by atoms with Crippen LogP contribution < -0.4 is 10.1 Å². The first kappa shape index (κ1) is 27.4. The van der Waals surface area contributed by atoms with E-state index in [1.807, 2.05) is 36.2 Å². The summed E-state index contributed by atoms with van der Waals surface area (Å²) in [5.74, 6) is 2.34. The summed E-state index contributed by atoms with van der Waals surface area (Å²) in [6, 6.07) is 12.4. The van der Waals surface area contributed by atoms with Crippen LogP contribution in [0, 0.1) is 0 Å². The predicted molar refractivity (Wildman–Crippen MR) is 159 cm³/mol. The van der Waals surface area contributed by atoms with Gasteiger partial charge in [-0.15, -0.1) is 0 Å². The second-order valence-electron chi connectivity index (χ2n) is 11.2. The van der Waals surface area contributed by atoms with Gasteiger partial charge in [-0.25, -0.2) is 9.97 Å². The number of thioether (sulfide) groups is 1. The molecule has 1 saturated carbocycles. The molecule has 194 valence electrons. The first-order valence-corrected chi connectivity index (χ1v) is 17.8. The van der Waals surface area contributed by atoms with Gasteiger partial charge in [0.2, 0.25) is 5.95 Å². The molecule has 3 aromatic rings. The minimum Gasteiger partial charge on any atom is -0.487 e. The van der Waals surface area contributed by atoms with Gasteiger partial charge in [-0.3, -0.25) is 0 Å². The summed E-state index contributed by atoms with van der Waals surface area (Å²) in [4.78, 5) is 9.41. The molecule has 1 aliphatic carbocycles. The number of ether oxygens (including phenoxy) is 1. The van der Waals surface area contributed by atoms with Crippen molar-refractivity contribution in [1.82, 2.24) is 9.97 Å². The van der Waals surface area contributed by atoms with E-state index in [2.05, 4.69) is 84.6 Å². The SMILES string of the molecule is CSCc1cccc(Nc2ncc3ccc(Br)c(O[C@H]4CC[C@@H](O[Si](C)(C)C(C)(C)C)CC4)c3n2)c1. The highest BCUT2D eigenvalue weighted by Crippen LogP contribution is 2.40. The number of nitrogens with zero attached hydrogens (tertiary/aromatic N) is 2. The average Bonchev–Trinajstić information content (AvgIpc) is 2.82. The van der Waals surface area contributed by atoms with Crippen molar-refractivity contribution in [2.45, 2.75) is 82.5 Å². The fourth-order valence-corrected chi connectivity index (χ4v) is 6.63. The lowest BCUT2D eigenvalue weighted by Gasteiger charge is -2.41. The van der Waals surface area contributed by atoms with E-state index in [9.17, 15) is 0 Å². The van der Waals surface area contributed by atoms with E-state index in [-0.39, 0.29) is 11.1 Å². The molecule has 8 heteroatoms. The van der Waals surface area contributed by atoms with Crippen LogP contribution in [0.2, 0.25) is 18.1 Å². The first-order valence-electron chi connectivity index (χ1n) is 12.7.